The van der Waals surface area contributed by atoms with Gasteiger partial charge in [-0.15, -0.1) is 10.2 Å². The Labute approximate surface area is 244 Å². The minimum atomic E-state index is -1.05. The highest BCUT2D eigenvalue weighted by Crippen LogP contribution is 2.35. The highest BCUT2D eigenvalue weighted by Gasteiger charge is 2.21. The van der Waals surface area contributed by atoms with Crippen molar-refractivity contribution in [1.82, 2.24) is 19.3 Å². The van der Waals surface area contributed by atoms with Gasteiger partial charge in [-0.05, 0) is 79.7 Å². The van der Waals surface area contributed by atoms with Gasteiger partial charge in [0.05, 0.1) is 0 Å². The Bertz CT molecular complexity index is 1720. The Hall–Kier alpha value is -3.23. The zero-order chi connectivity index (χ0) is 27.7. The number of carboxylic acids is 1. The number of carbonyl (C=O) groups is 1. The van der Waals surface area contributed by atoms with Crippen molar-refractivity contribution in [3.05, 3.63) is 104 Å². The lowest BCUT2D eigenvalue weighted by atomic mass is 10.1. The second kappa shape index (κ2) is 11.5. The molecule has 6 nitrogen and oxygen atoms in total. The maximum atomic E-state index is 12.4. The molecule has 0 bridgehead atoms. The molecule has 2 aromatic heterocycles. The number of nitrogens with zero attached hydrogens (tertiary/aromatic N) is 4. The second-order valence-corrected chi connectivity index (χ2v) is 11.1. The van der Waals surface area contributed by atoms with E-state index in [2.05, 4.69) is 14.8 Å². The van der Waals surface area contributed by atoms with Gasteiger partial charge < -0.3 is 14.2 Å². The molecule has 198 valence electrons. The van der Waals surface area contributed by atoms with Gasteiger partial charge in [0.25, 0.3) is 0 Å². The molecule has 0 aliphatic carbocycles. The van der Waals surface area contributed by atoms with Gasteiger partial charge in [0, 0.05) is 55.9 Å². The summed E-state index contributed by atoms with van der Waals surface area (Å²) in [5.41, 5.74) is 4.48. The highest BCUT2D eigenvalue weighted by molar-refractivity contribution is 8.04. The second-order valence-electron chi connectivity index (χ2n) is 8.81. The van der Waals surface area contributed by atoms with E-state index in [0.717, 1.165) is 45.0 Å². The van der Waals surface area contributed by atoms with E-state index in [1.165, 1.54) is 0 Å². The van der Waals surface area contributed by atoms with E-state index in [9.17, 15) is 9.90 Å². The minimum Gasteiger partial charge on any atom is -0.477 e. The summed E-state index contributed by atoms with van der Waals surface area (Å²) < 4.78 is 4.02. The first-order valence-electron chi connectivity index (χ1n) is 12.1. The Balaban J connectivity index is 1.56. The van der Waals surface area contributed by atoms with Gasteiger partial charge in [-0.1, -0.05) is 59.1 Å². The number of aromatic nitrogens is 4. The van der Waals surface area contributed by atoms with Crippen LogP contribution < -0.4 is 0 Å². The van der Waals surface area contributed by atoms with Crippen LogP contribution in [0.1, 0.15) is 23.7 Å². The molecule has 39 heavy (non-hydrogen) atoms. The number of para-hydroxylation sites is 1. The molecule has 0 unspecified atom stereocenters. The quantitative estimate of drug-likeness (QED) is 0.143. The number of thioether (sulfide) groups is 1. The molecule has 0 saturated carbocycles. The first-order chi connectivity index (χ1) is 18.8. The molecule has 10 heteroatoms. The van der Waals surface area contributed by atoms with Gasteiger partial charge in [0.1, 0.15) is 4.91 Å². The van der Waals surface area contributed by atoms with E-state index in [-0.39, 0.29) is 4.91 Å². The van der Waals surface area contributed by atoms with Gasteiger partial charge in [-0.3, -0.25) is 0 Å². The number of aliphatic carboxylic acids is 1. The van der Waals surface area contributed by atoms with Crippen molar-refractivity contribution in [3.63, 3.8) is 0 Å². The molecular weight excluding hydrogens is 575 g/mol. The van der Waals surface area contributed by atoms with Gasteiger partial charge in [-0.2, -0.15) is 0 Å². The molecule has 0 radical (unpaired) electrons. The lowest BCUT2D eigenvalue weighted by Gasteiger charge is -2.11. The zero-order valence-electron chi connectivity index (χ0n) is 21.0. The number of rotatable bonds is 8. The fourth-order valence-electron chi connectivity index (χ4n) is 4.49. The molecule has 5 aromatic rings. The van der Waals surface area contributed by atoms with Crippen LogP contribution in [0, 0.1) is 6.92 Å². The molecule has 0 aliphatic heterocycles. The predicted molar refractivity (Wildman–Crippen MR) is 160 cm³/mol. The Morgan fingerprint density at radius 2 is 1.69 bits per heavy atom. The normalized spacial score (nSPS) is 11.9. The number of hydrogen-bond acceptors (Lipinski definition) is 4. The van der Waals surface area contributed by atoms with Crippen molar-refractivity contribution in [3.8, 4) is 11.4 Å². The Morgan fingerprint density at radius 3 is 2.38 bits per heavy atom. The fraction of sp³-hybridized carbons (Fsp3) is 0.138. The third-order valence-electron chi connectivity index (χ3n) is 6.45. The zero-order valence-corrected chi connectivity index (χ0v) is 24.1. The lowest BCUT2D eigenvalue weighted by molar-refractivity contribution is -0.131. The Kier molecular flexibility index (Phi) is 8.05. The molecular formula is C29H23Cl3N4O2S. The van der Waals surface area contributed by atoms with Crippen LogP contribution in [0.3, 0.4) is 0 Å². The standard InChI is InChI=1S/C29H23Cl3N4O2S/c1-3-35-27(18-8-11-20(30)12-9-18)33-34-29(35)39-26(28(37)38)15-23-17(2)36(25-7-5-4-6-22(23)25)16-19-10-13-21(31)14-24(19)32/h4-15H,3,16H2,1-2H3,(H,37,38)/b26-15-. The predicted octanol–water partition coefficient (Wildman–Crippen LogP) is 8.45. The summed E-state index contributed by atoms with van der Waals surface area (Å²) in [6.45, 7) is 5.03. The first kappa shape index (κ1) is 27.3. The van der Waals surface area contributed by atoms with E-state index in [4.69, 9.17) is 34.8 Å². The molecule has 3 aromatic carbocycles. The summed E-state index contributed by atoms with van der Waals surface area (Å²) in [4.78, 5) is 12.6. The number of halogens is 3. The molecule has 0 atom stereocenters. The summed E-state index contributed by atoms with van der Waals surface area (Å²) in [5.74, 6) is -0.398. The fourth-order valence-corrected chi connectivity index (χ4v) is 5.95. The van der Waals surface area contributed by atoms with Gasteiger partial charge in [0.15, 0.2) is 11.0 Å². The SMILES string of the molecule is CCn1c(S/C(=C\c2c(C)n(Cc3ccc(Cl)cc3Cl)c3ccccc23)C(=O)O)nnc1-c1ccc(Cl)cc1. The van der Waals surface area contributed by atoms with E-state index in [0.29, 0.717) is 39.1 Å². The summed E-state index contributed by atoms with van der Waals surface area (Å²) in [6, 6.07) is 20.7. The van der Waals surface area contributed by atoms with Gasteiger partial charge in [-0.25, -0.2) is 4.79 Å². The van der Waals surface area contributed by atoms with Crippen LogP contribution in [0.2, 0.25) is 15.1 Å². The Morgan fingerprint density at radius 1 is 0.974 bits per heavy atom. The van der Waals surface area contributed by atoms with Crippen LogP contribution in [-0.2, 0) is 17.9 Å². The van der Waals surface area contributed by atoms with Crippen molar-refractivity contribution in [2.24, 2.45) is 0 Å². The third kappa shape index (κ3) is 5.58. The van der Waals surface area contributed by atoms with Crippen molar-refractivity contribution in [2.45, 2.75) is 32.1 Å². The first-order valence-corrected chi connectivity index (χ1v) is 14.1. The monoisotopic (exact) mass is 596 g/mol. The van der Waals surface area contributed by atoms with E-state index in [1.54, 1.807) is 24.3 Å². The number of hydrogen-bond donors (Lipinski definition) is 1. The van der Waals surface area contributed by atoms with Crippen LogP contribution >= 0.6 is 46.6 Å². The molecule has 0 amide bonds. The van der Waals surface area contributed by atoms with Crippen LogP contribution in [0.5, 0.6) is 0 Å². The van der Waals surface area contributed by atoms with Crippen LogP contribution in [0.4, 0.5) is 0 Å². The van der Waals surface area contributed by atoms with Crippen molar-refractivity contribution < 1.29 is 9.90 Å². The number of benzene rings is 3. The summed E-state index contributed by atoms with van der Waals surface area (Å²) in [6.07, 6.45) is 1.71. The van der Waals surface area contributed by atoms with E-state index >= 15 is 0 Å². The average molecular weight is 598 g/mol. The van der Waals surface area contributed by atoms with Crippen LogP contribution in [0.15, 0.2) is 76.8 Å². The molecule has 0 spiro atoms. The van der Waals surface area contributed by atoms with Crippen LogP contribution in [-0.4, -0.2) is 30.4 Å². The molecule has 2 heterocycles. The van der Waals surface area contributed by atoms with Crippen LogP contribution in [0.25, 0.3) is 28.4 Å². The number of fused-ring (bicyclic) bond motifs is 1. The van der Waals surface area contributed by atoms with Crippen molar-refractivity contribution in [1.29, 1.82) is 0 Å². The summed E-state index contributed by atoms with van der Waals surface area (Å²) in [5, 5.41) is 22.1. The van der Waals surface area contributed by atoms with Crippen molar-refractivity contribution >= 4 is 69.5 Å². The molecule has 0 aliphatic rings. The third-order valence-corrected chi connectivity index (χ3v) is 8.28. The molecule has 0 fully saturated rings. The maximum absolute atomic E-state index is 12.4. The molecule has 5 rings (SSSR count). The van der Waals surface area contributed by atoms with Crippen molar-refractivity contribution in [2.75, 3.05) is 0 Å². The largest absolute Gasteiger partial charge is 0.477 e. The molecule has 1 N–H and O–H groups in total. The maximum Gasteiger partial charge on any atom is 0.342 e. The van der Waals surface area contributed by atoms with Gasteiger partial charge >= 0.3 is 5.97 Å². The van der Waals surface area contributed by atoms with E-state index < -0.39 is 5.97 Å². The minimum absolute atomic E-state index is 0.135. The highest BCUT2D eigenvalue weighted by atomic mass is 35.5. The van der Waals surface area contributed by atoms with E-state index in [1.807, 2.05) is 66.9 Å². The number of carboxylic acid groups (broad SMARTS) is 1. The summed E-state index contributed by atoms with van der Waals surface area (Å²) in [7, 11) is 0. The smallest absolute Gasteiger partial charge is 0.342 e. The lowest BCUT2D eigenvalue weighted by Crippen LogP contribution is -2.04. The summed E-state index contributed by atoms with van der Waals surface area (Å²) >= 11 is 19.7. The molecule has 0 saturated heterocycles. The average Bonchev–Trinajstić information content (AvgIpc) is 3.44. The van der Waals surface area contributed by atoms with Gasteiger partial charge in [0.2, 0.25) is 0 Å². The topological polar surface area (TPSA) is 72.9 Å².